The first-order valence-corrected chi connectivity index (χ1v) is 7.62. The number of oxazole rings is 1. The number of fused-ring (bicyclic) bond motifs is 1. The number of nitrogens with one attached hydrogen (secondary N) is 1. The molecule has 0 saturated heterocycles. The summed E-state index contributed by atoms with van der Waals surface area (Å²) < 4.78 is 5.63. The third kappa shape index (κ3) is 3.03. The SMILES string of the molecule is N[C@H]1CC[C@H](CNc2nc3cc(Cl)c(Cl)cc3o2)CC1. The topological polar surface area (TPSA) is 64.1 Å². The van der Waals surface area contributed by atoms with Crippen LogP contribution < -0.4 is 11.1 Å². The summed E-state index contributed by atoms with van der Waals surface area (Å²) >= 11 is 11.9. The molecule has 3 N–H and O–H groups in total. The molecular weight excluding hydrogens is 297 g/mol. The van der Waals surface area contributed by atoms with Crippen molar-refractivity contribution < 1.29 is 4.42 Å². The van der Waals surface area contributed by atoms with Crippen LogP contribution >= 0.6 is 23.2 Å². The van der Waals surface area contributed by atoms with Crippen molar-refractivity contribution in [2.45, 2.75) is 31.7 Å². The molecule has 0 unspecified atom stereocenters. The fraction of sp³-hybridized carbons (Fsp3) is 0.500. The number of hydrogen-bond donors (Lipinski definition) is 2. The third-order valence-electron chi connectivity index (χ3n) is 3.86. The number of benzene rings is 1. The molecule has 0 atom stereocenters. The van der Waals surface area contributed by atoms with Gasteiger partial charge in [-0.25, -0.2) is 0 Å². The Morgan fingerprint density at radius 3 is 2.65 bits per heavy atom. The molecule has 108 valence electrons. The van der Waals surface area contributed by atoms with Gasteiger partial charge < -0.3 is 15.5 Å². The lowest BCUT2D eigenvalue weighted by atomic mass is 9.86. The van der Waals surface area contributed by atoms with Crippen LogP contribution in [0.5, 0.6) is 0 Å². The lowest BCUT2D eigenvalue weighted by molar-refractivity contribution is 0.337. The normalized spacial score (nSPS) is 23.1. The molecule has 6 heteroatoms. The van der Waals surface area contributed by atoms with E-state index in [4.69, 9.17) is 33.4 Å². The van der Waals surface area contributed by atoms with Gasteiger partial charge in [0, 0.05) is 18.7 Å². The van der Waals surface area contributed by atoms with Crippen LogP contribution in [0.2, 0.25) is 10.0 Å². The Morgan fingerprint density at radius 1 is 1.20 bits per heavy atom. The third-order valence-corrected chi connectivity index (χ3v) is 4.59. The minimum atomic E-state index is 0.375. The van der Waals surface area contributed by atoms with Crippen molar-refractivity contribution in [2.24, 2.45) is 11.7 Å². The van der Waals surface area contributed by atoms with Crippen LogP contribution in [0.1, 0.15) is 25.7 Å². The van der Waals surface area contributed by atoms with Crippen LogP contribution in [0.15, 0.2) is 16.5 Å². The Balaban J connectivity index is 1.66. The summed E-state index contributed by atoms with van der Waals surface area (Å²) in [5, 5.41) is 4.21. The van der Waals surface area contributed by atoms with Gasteiger partial charge in [0.05, 0.1) is 10.0 Å². The predicted octanol–water partition coefficient (Wildman–Crippen LogP) is 4.06. The van der Waals surface area contributed by atoms with Gasteiger partial charge in [0.2, 0.25) is 0 Å². The van der Waals surface area contributed by atoms with E-state index in [9.17, 15) is 0 Å². The van der Waals surface area contributed by atoms with E-state index in [1.165, 1.54) is 0 Å². The van der Waals surface area contributed by atoms with E-state index < -0.39 is 0 Å². The molecule has 1 aromatic carbocycles. The summed E-state index contributed by atoms with van der Waals surface area (Å²) in [4.78, 5) is 4.37. The van der Waals surface area contributed by atoms with Crippen LogP contribution in [-0.4, -0.2) is 17.6 Å². The molecule has 1 aliphatic carbocycles. The van der Waals surface area contributed by atoms with Crippen LogP contribution in [0.3, 0.4) is 0 Å². The maximum absolute atomic E-state index is 5.96. The van der Waals surface area contributed by atoms with Crippen LogP contribution in [-0.2, 0) is 0 Å². The second kappa shape index (κ2) is 5.80. The zero-order chi connectivity index (χ0) is 14.1. The number of halogens is 2. The van der Waals surface area contributed by atoms with Crippen molar-refractivity contribution in [2.75, 3.05) is 11.9 Å². The Kier molecular flexibility index (Phi) is 4.06. The van der Waals surface area contributed by atoms with Crippen molar-refractivity contribution >= 4 is 40.3 Å². The lowest BCUT2D eigenvalue weighted by Gasteiger charge is -2.25. The van der Waals surface area contributed by atoms with E-state index in [1.807, 2.05) is 0 Å². The molecule has 0 aliphatic heterocycles. The summed E-state index contributed by atoms with van der Waals surface area (Å²) in [5.74, 6) is 0.636. The number of nitrogens with two attached hydrogens (primary N) is 1. The van der Waals surface area contributed by atoms with Crippen molar-refractivity contribution in [3.63, 3.8) is 0 Å². The van der Waals surface area contributed by atoms with E-state index in [2.05, 4.69) is 10.3 Å². The first-order valence-electron chi connectivity index (χ1n) is 6.87. The van der Waals surface area contributed by atoms with Gasteiger partial charge in [0.1, 0.15) is 5.52 Å². The Labute approximate surface area is 127 Å². The van der Waals surface area contributed by atoms with Crippen molar-refractivity contribution in [1.82, 2.24) is 4.98 Å². The van der Waals surface area contributed by atoms with Crippen LogP contribution in [0, 0.1) is 5.92 Å². The molecule has 20 heavy (non-hydrogen) atoms. The van der Waals surface area contributed by atoms with Gasteiger partial charge in [-0.3, -0.25) is 0 Å². The molecule has 4 nitrogen and oxygen atoms in total. The highest BCUT2D eigenvalue weighted by Gasteiger charge is 2.19. The molecule has 2 aromatic rings. The van der Waals surface area contributed by atoms with Gasteiger partial charge in [0.25, 0.3) is 6.01 Å². The van der Waals surface area contributed by atoms with Gasteiger partial charge >= 0.3 is 0 Å². The molecule has 0 amide bonds. The maximum Gasteiger partial charge on any atom is 0.295 e. The molecule has 1 heterocycles. The first kappa shape index (κ1) is 14.0. The number of rotatable bonds is 3. The highest BCUT2D eigenvalue weighted by Crippen LogP contribution is 2.30. The number of aromatic nitrogens is 1. The minimum absolute atomic E-state index is 0.375. The molecule has 1 fully saturated rings. The van der Waals surface area contributed by atoms with Crippen molar-refractivity contribution in [1.29, 1.82) is 0 Å². The van der Waals surface area contributed by atoms with E-state index >= 15 is 0 Å². The summed E-state index contributed by atoms with van der Waals surface area (Å²) in [5.41, 5.74) is 7.27. The van der Waals surface area contributed by atoms with Crippen molar-refractivity contribution in [3.8, 4) is 0 Å². The highest BCUT2D eigenvalue weighted by molar-refractivity contribution is 6.42. The molecule has 1 saturated carbocycles. The number of hydrogen-bond acceptors (Lipinski definition) is 4. The Bertz CT molecular complexity index is 567. The zero-order valence-corrected chi connectivity index (χ0v) is 12.5. The fourth-order valence-electron chi connectivity index (χ4n) is 2.62. The standard InChI is InChI=1S/C14H17Cl2N3O/c15-10-5-12-13(6-11(10)16)20-14(19-12)18-7-8-1-3-9(17)4-2-8/h5-6,8-9H,1-4,7,17H2,(H,18,19)/t8-,9-. The second-order valence-corrected chi connectivity index (χ2v) is 6.23. The quantitative estimate of drug-likeness (QED) is 0.896. The summed E-state index contributed by atoms with van der Waals surface area (Å²) in [6.07, 6.45) is 4.52. The van der Waals surface area contributed by atoms with Gasteiger partial charge in [-0.1, -0.05) is 23.2 Å². The second-order valence-electron chi connectivity index (χ2n) is 5.41. The average molecular weight is 314 g/mol. The molecule has 1 aromatic heterocycles. The van der Waals surface area contributed by atoms with Gasteiger partial charge in [-0.2, -0.15) is 4.98 Å². The Morgan fingerprint density at radius 2 is 1.90 bits per heavy atom. The predicted molar refractivity (Wildman–Crippen MR) is 82.5 cm³/mol. The summed E-state index contributed by atoms with van der Waals surface area (Å²) in [6.45, 7) is 0.862. The van der Waals surface area contributed by atoms with Gasteiger partial charge in [-0.15, -0.1) is 0 Å². The molecular formula is C14H17Cl2N3O. The maximum atomic E-state index is 5.96. The van der Waals surface area contributed by atoms with Gasteiger partial charge in [-0.05, 0) is 37.7 Å². The van der Waals surface area contributed by atoms with E-state index in [0.717, 1.165) is 32.2 Å². The fourth-order valence-corrected chi connectivity index (χ4v) is 2.93. The zero-order valence-electron chi connectivity index (χ0n) is 11.0. The minimum Gasteiger partial charge on any atom is -0.424 e. The van der Waals surface area contributed by atoms with E-state index in [-0.39, 0.29) is 0 Å². The monoisotopic (exact) mass is 313 g/mol. The largest absolute Gasteiger partial charge is 0.424 e. The first-order chi connectivity index (χ1) is 9.61. The molecule has 3 rings (SSSR count). The number of anilines is 1. The van der Waals surface area contributed by atoms with Crippen molar-refractivity contribution in [3.05, 3.63) is 22.2 Å². The molecule has 1 aliphatic rings. The molecule has 0 spiro atoms. The number of nitrogens with zero attached hydrogens (tertiary/aromatic N) is 1. The lowest BCUT2D eigenvalue weighted by Crippen LogP contribution is -2.29. The van der Waals surface area contributed by atoms with Crippen LogP contribution in [0.25, 0.3) is 11.1 Å². The average Bonchev–Trinajstić information content (AvgIpc) is 2.80. The van der Waals surface area contributed by atoms with Gasteiger partial charge in [0.15, 0.2) is 5.58 Å². The van der Waals surface area contributed by atoms with Crippen LogP contribution in [0.4, 0.5) is 6.01 Å². The molecule has 0 bridgehead atoms. The smallest absolute Gasteiger partial charge is 0.295 e. The van der Waals surface area contributed by atoms with E-state index in [1.54, 1.807) is 12.1 Å². The highest BCUT2D eigenvalue weighted by atomic mass is 35.5. The van der Waals surface area contributed by atoms with E-state index in [0.29, 0.717) is 39.1 Å². The Hall–Kier alpha value is -0.970. The molecule has 0 radical (unpaired) electrons. The summed E-state index contributed by atoms with van der Waals surface area (Å²) in [6, 6.07) is 4.30. The summed E-state index contributed by atoms with van der Waals surface area (Å²) in [7, 11) is 0.